The monoisotopic (exact) mass is 433 g/mol. The number of hydrogen-bond donors (Lipinski definition) is 3. The average molecular weight is 434 g/mol. The second kappa shape index (κ2) is 10.1. The van der Waals surface area contributed by atoms with E-state index < -0.39 is 29.7 Å². The minimum atomic E-state index is -1.54. The van der Waals surface area contributed by atoms with Crippen LogP contribution in [0.4, 0.5) is 10.5 Å². The van der Waals surface area contributed by atoms with Gasteiger partial charge in [-0.2, -0.15) is 0 Å². The van der Waals surface area contributed by atoms with Gasteiger partial charge in [0.1, 0.15) is 5.60 Å². The molecule has 32 heavy (non-hydrogen) atoms. The lowest BCUT2D eigenvalue weighted by Gasteiger charge is -2.26. The highest BCUT2D eigenvalue weighted by Gasteiger charge is 2.30. The highest BCUT2D eigenvalue weighted by molar-refractivity contribution is 5.95. The molecule has 1 aromatic heterocycles. The second-order valence-corrected chi connectivity index (χ2v) is 8.28. The number of aromatic nitrogens is 1. The van der Waals surface area contributed by atoms with Crippen molar-refractivity contribution in [3.05, 3.63) is 84.7 Å². The molecule has 2 aromatic carbocycles. The summed E-state index contributed by atoms with van der Waals surface area (Å²) in [7, 11) is 0. The van der Waals surface area contributed by atoms with Gasteiger partial charge < -0.3 is 20.5 Å². The Morgan fingerprint density at radius 1 is 0.906 bits per heavy atom. The number of anilines is 1. The molecule has 0 aliphatic rings. The van der Waals surface area contributed by atoms with Gasteiger partial charge in [0, 0.05) is 18.1 Å². The third kappa shape index (κ3) is 6.39. The maximum atomic E-state index is 12.8. The van der Waals surface area contributed by atoms with E-state index in [4.69, 9.17) is 4.74 Å². The number of nitrogens with zero attached hydrogens (tertiary/aromatic N) is 1. The zero-order valence-electron chi connectivity index (χ0n) is 18.3. The number of benzene rings is 2. The zero-order valence-corrected chi connectivity index (χ0v) is 18.3. The van der Waals surface area contributed by atoms with Gasteiger partial charge in [0.25, 0.3) is 5.91 Å². The molecule has 0 aliphatic carbocycles. The van der Waals surface area contributed by atoms with Gasteiger partial charge in [-0.3, -0.25) is 9.78 Å². The summed E-state index contributed by atoms with van der Waals surface area (Å²) >= 11 is 0. The van der Waals surface area contributed by atoms with Crippen LogP contribution in [-0.4, -0.2) is 33.8 Å². The third-order valence-electron chi connectivity index (χ3n) is 4.58. The van der Waals surface area contributed by atoms with Crippen LogP contribution < -0.4 is 10.6 Å². The van der Waals surface area contributed by atoms with Crippen molar-refractivity contribution in [3.63, 3.8) is 0 Å². The fourth-order valence-electron chi connectivity index (χ4n) is 3.10. The molecule has 0 fully saturated rings. The van der Waals surface area contributed by atoms with E-state index >= 15 is 0 Å². The van der Waals surface area contributed by atoms with Gasteiger partial charge in [-0.15, -0.1) is 0 Å². The summed E-state index contributed by atoms with van der Waals surface area (Å²) in [6.07, 6.45) is 1.16. The summed E-state index contributed by atoms with van der Waals surface area (Å²) in [6, 6.07) is 18.8. The number of nitrogens with one attached hydrogen (secondary N) is 2. The molecular weight excluding hydrogens is 406 g/mol. The van der Waals surface area contributed by atoms with Crippen molar-refractivity contribution in [2.24, 2.45) is 0 Å². The molecule has 0 saturated carbocycles. The minimum absolute atomic E-state index is 0.524. The number of pyridine rings is 1. The Hall–Kier alpha value is -3.71. The lowest BCUT2D eigenvalue weighted by atomic mass is 10.0. The average Bonchev–Trinajstić information content (AvgIpc) is 2.77. The molecule has 2 amide bonds. The van der Waals surface area contributed by atoms with Crippen LogP contribution in [0.3, 0.4) is 0 Å². The van der Waals surface area contributed by atoms with Crippen LogP contribution in [0.2, 0.25) is 0 Å². The van der Waals surface area contributed by atoms with Gasteiger partial charge in [-0.1, -0.05) is 42.5 Å². The number of carbonyl (C=O) groups is 2. The van der Waals surface area contributed by atoms with Crippen LogP contribution in [-0.2, 0) is 9.53 Å². The summed E-state index contributed by atoms with van der Waals surface area (Å²) in [5, 5.41) is 16.1. The topological polar surface area (TPSA) is 101 Å². The molecule has 166 valence electrons. The van der Waals surface area contributed by atoms with Gasteiger partial charge >= 0.3 is 6.09 Å². The van der Waals surface area contributed by atoms with Crippen molar-refractivity contribution in [1.29, 1.82) is 0 Å². The fraction of sp³-hybridized carbons (Fsp3) is 0.240. The smallest absolute Gasteiger partial charge is 0.408 e. The molecule has 7 nitrogen and oxygen atoms in total. The number of hydrogen-bond acceptors (Lipinski definition) is 5. The predicted octanol–water partition coefficient (Wildman–Crippen LogP) is 4.31. The Labute approximate surface area is 187 Å². The first-order valence-electron chi connectivity index (χ1n) is 10.3. The van der Waals surface area contributed by atoms with Crippen molar-refractivity contribution in [2.45, 2.75) is 38.5 Å². The van der Waals surface area contributed by atoms with Gasteiger partial charge in [0.15, 0.2) is 6.10 Å². The molecule has 3 N–H and O–H groups in total. The fourth-order valence-corrected chi connectivity index (χ4v) is 3.10. The lowest BCUT2D eigenvalue weighted by Crippen LogP contribution is -2.44. The summed E-state index contributed by atoms with van der Waals surface area (Å²) in [4.78, 5) is 29.1. The van der Waals surface area contributed by atoms with Crippen molar-refractivity contribution in [3.8, 4) is 11.1 Å². The molecule has 0 spiro atoms. The second-order valence-electron chi connectivity index (χ2n) is 8.28. The summed E-state index contributed by atoms with van der Waals surface area (Å²) < 4.78 is 5.30. The minimum Gasteiger partial charge on any atom is -0.444 e. The molecule has 3 rings (SSSR count). The van der Waals surface area contributed by atoms with Crippen LogP contribution in [0.1, 0.15) is 32.4 Å². The first kappa shape index (κ1) is 23.0. The molecule has 0 saturated heterocycles. The first-order chi connectivity index (χ1) is 15.2. The number of ether oxygens (including phenoxy) is 1. The molecular formula is C25H27N3O4. The van der Waals surface area contributed by atoms with Crippen molar-refractivity contribution in [1.82, 2.24) is 10.3 Å². The number of carbonyl (C=O) groups excluding carboxylic acids is 2. The van der Waals surface area contributed by atoms with E-state index in [0.717, 1.165) is 11.1 Å². The standard InChI is InChI=1S/C25H27N3O4/c1-25(2,3)32-24(31)28-21(19-7-5-4-6-8-19)22(29)23(30)27-20-11-9-17(10-12-20)18-13-15-26-16-14-18/h4-16,21-22,29H,1-3H3,(H,27,30)(H,28,31)/t21-,22+/m0/s1. The Bertz CT molecular complexity index is 1030. The number of aliphatic hydroxyl groups is 1. The van der Waals surface area contributed by atoms with Crippen LogP contribution >= 0.6 is 0 Å². The number of alkyl carbamates (subject to hydrolysis) is 1. The van der Waals surface area contributed by atoms with Crippen LogP contribution in [0, 0.1) is 0 Å². The number of rotatable bonds is 6. The summed E-state index contributed by atoms with van der Waals surface area (Å²) in [5.41, 5.74) is 2.36. The molecule has 0 bridgehead atoms. The van der Waals surface area contributed by atoms with Gasteiger partial charge in [0.05, 0.1) is 6.04 Å². The third-order valence-corrected chi connectivity index (χ3v) is 4.58. The van der Waals surface area contributed by atoms with Gasteiger partial charge in [-0.25, -0.2) is 4.79 Å². The highest BCUT2D eigenvalue weighted by atomic mass is 16.6. The van der Waals surface area contributed by atoms with Crippen LogP contribution in [0.5, 0.6) is 0 Å². The van der Waals surface area contributed by atoms with Crippen molar-refractivity contribution < 1.29 is 19.4 Å². The molecule has 2 atom stereocenters. The van der Waals surface area contributed by atoms with Gasteiger partial charge in [-0.05, 0) is 61.7 Å². The maximum absolute atomic E-state index is 12.8. The lowest BCUT2D eigenvalue weighted by molar-refractivity contribution is -0.125. The van der Waals surface area contributed by atoms with Crippen LogP contribution in [0.15, 0.2) is 79.1 Å². The quantitative estimate of drug-likeness (QED) is 0.538. The normalized spacial score (nSPS) is 13.0. The Morgan fingerprint density at radius 3 is 2.09 bits per heavy atom. The summed E-state index contributed by atoms with van der Waals surface area (Å²) in [5.74, 6) is -0.647. The maximum Gasteiger partial charge on any atom is 0.408 e. The molecule has 1 heterocycles. The van der Waals surface area contributed by atoms with E-state index in [1.54, 1.807) is 69.6 Å². The Kier molecular flexibility index (Phi) is 7.22. The van der Waals surface area contributed by atoms with E-state index in [9.17, 15) is 14.7 Å². The molecule has 7 heteroatoms. The Morgan fingerprint density at radius 2 is 1.50 bits per heavy atom. The van der Waals surface area contributed by atoms with E-state index in [1.807, 2.05) is 30.3 Å². The summed E-state index contributed by atoms with van der Waals surface area (Å²) in [6.45, 7) is 5.22. The molecule has 0 radical (unpaired) electrons. The predicted molar refractivity (Wildman–Crippen MR) is 123 cm³/mol. The van der Waals surface area contributed by atoms with Crippen LogP contribution in [0.25, 0.3) is 11.1 Å². The number of amides is 2. The SMILES string of the molecule is CC(C)(C)OC(=O)N[C@@H](c1ccccc1)[C@@H](O)C(=O)Nc1ccc(-c2ccncc2)cc1. The number of aliphatic hydroxyl groups excluding tert-OH is 1. The highest BCUT2D eigenvalue weighted by Crippen LogP contribution is 2.23. The van der Waals surface area contributed by atoms with E-state index in [-0.39, 0.29) is 0 Å². The largest absolute Gasteiger partial charge is 0.444 e. The van der Waals surface area contributed by atoms with E-state index in [1.165, 1.54) is 0 Å². The molecule has 0 unspecified atom stereocenters. The zero-order chi connectivity index (χ0) is 23.1. The molecule has 0 aliphatic heterocycles. The van der Waals surface area contributed by atoms with Crippen molar-refractivity contribution in [2.75, 3.05) is 5.32 Å². The van der Waals surface area contributed by atoms with E-state index in [0.29, 0.717) is 11.3 Å². The van der Waals surface area contributed by atoms with Gasteiger partial charge in [0.2, 0.25) is 0 Å². The first-order valence-corrected chi connectivity index (χ1v) is 10.3. The molecule has 3 aromatic rings. The Balaban J connectivity index is 1.73. The van der Waals surface area contributed by atoms with Crippen molar-refractivity contribution >= 4 is 17.7 Å². The van der Waals surface area contributed by atoms with E-state index in [2.05, 4.69) is 15.6 Å².